The van der Waals surface area contributed by atoms with Crippen LogP contribution in [0.25, 0.3) is 5.52 Å². The number of hydrogen-bond donors (Lipinski definition) is 2. The first-order valence-electron chi connectivity index (χ1n) is 5.71. The molecule has 7 nitrogen and oxygen atoms in total. The topological polar surface area (TPSA) is 96.6 Å². The van der Waals surface area contributed by atoms with Gasteiger partial charge in [-0.3, -0.25) is 14.6 Å². The molecule has 100 valence electrons. The molecule has 0 atom stereocenters. The highest BCUT2D eigenvalue weighted by Gasteiger charge is 2.25. The van der Waals surface area contributed by atoms with E-state index in [2.05, 4.69) is 15.4 Å². The van der Waals surface area contributed by atoms with E-state index >= 15 is 0 Å². The van der Waals surface area contributed by atoms with E-state index < -0.39 is 11.5 Å². The molecular formula is C12H14N4O3. The van der Waals surface area contributed by atoms with E-state index in [1.165, 1.54) is 16.9 Å². The van der Waals surface area contributed by atoms with E-state index in [-0.39, 0.29) is 12.3 Å². The largest absolute Gasteiger partial charge is 0.481 e. The molecule has 2 N–H and O–H groups in total. The van der Waals surface area contributed by atoms with Crippen molar-refractivity contribution in [2.24, 2.45) is 0 Å². The van der Waals surface area contributed by atoms with Gasteiger partial charge in [-0.2, -0.15) is 5.10 Å². The van der Waals surface area contributed by atoms with Crippen molar-refractivity contribution >= 4 is 17.4 Å². The summed E-state index contributed by atoms with van der Waals surface area (Å²) in [6.45, 7) is 3.31. The first-order chi connectivity index (χ1) is 8.89. The van der Waals surface area contributed by atoms with Crippen LogP contribution in [-0.4, -0.2) is 37.1 Å². The van der Waals surface area contributed by atoms with Crippen molar-refractivity contribution in [2.75, 3.05) is 0 Å². The third kappa shape index (κ3) is 2.87. The summed E-state index contributed by atoms with van der Waals surface area (Å²) in [6.07, 6.45) is 6.01. The van der Waals surface area contributed by atoms with Gasteiger partial charge in [-0.1, -0.05) is 0 Å². The van der Waals surface area contributed by atoms with E-state index in [9.17, 15) is 9.59 Å². The predicted octanol–water partition coefficient (Wildman–Crippen LogP) is 0.712. The summed E-state index contributed by atoms with van der Waals surface area (Å²) in [5, 5.41) is 15.5. The molecule has 0 aliphatic rings. The van der Waals surface area contributed by atoms with Gasteiger partial charge in [-0.15, -0.1) is 0 Å². The van der Waals surface area contributed by atoms with Gasteiger partial charge in [0.25, 0.3) is 5.91 Å². The molecule has 0 radical (unpaired) electrons. The average molecular weight is 262 g/mol. The lowest BCUT2D eigenvalue weighted by Gasteiger charge is -2.23. The van der Waals surface area contributed by atoms with Gasteiger partial charge in [0.2, 0.25) is 0 Å². The molecule has 0 aliphatic heterocycles. The summed E-state index contributed by atoms with van der Waals surface area (Å²) < 4.78 is 1.53. The fraction of sp³-hybridized carbons (Fsp3) is 0.333. The molecule has 2 aromatic heterocycles. The second-order valence-corrected chi connectivity index (χ2v) is 4.87. The van der Waals surface area contributed by atoms with Gasteiger partial charge in [0.15, 0.2) is 0 Å². The van der Waals surface area contributed by atoms with Gasteiger partial charge < -0.3 is 10.4 Å². The van der Waals surface area contributed by atoms with Crippen LogP contribution in [-0.2, 0) is 4.79 Å². The van der Waals surface area contributed by atoms with Crippen LogP contribution in [0.1, 0.15) is 30.6 Å². The molecule has 2 aromatic rings. The Bertz CT molecular complexity index is 633. The highest BCUT2D eigenvalue weighted by atomic mass is 16.4. The van der Waals surface area contributed by atoms with Gasteiger partial charge in [-0.05, 0) is 13.8 Å². The Labute approximate surface area is 109 Å². The third-order valence-corrected chi connectivity index (χ3v) is 2.61. The van der Waals surface area contributed by atoms with Crippen LogP contribution in [0.4, 0.5) is 0 Å². The summed E-state index contributed by atoms with van der Waals surface area (Å²) in [7, 11) is 0. The number of aromatic nitrogens is 3. The van der Waals surface area contributed by atoms with Crippen LogP contribution >= 0.6 is 0 Å². The SMILES string of the molecule is CC(C)(CC(=O)O)NC(=O)c1cnn2ccncc12. The molecule has 19 heavy (non-hydrogen) atoms. The number of rotatable bonds is 4. The fourth-order valence-corrected chi connectivity index (χ4v) is 1.81. The van der Waals surface area contributed by atoms with Crippen molar-refractivity contribution < 1.29 is 14.7 Å². The molecule has 0 bridgehead atoms. The van der Waals surface area contributed by atoms with Crippen LogP contribution in [0.5, 0.6) is 0 Å². The van der Waals surface area contributed by atoms with Crippen molar-refractivity contribution in [1.82, 2.24) is 19.9 Å². The van der Waals surface area contributed by atoms with E-state index in [0.717, 1.165) is 0 Å². The van der Waals surface area contributed by atoms with Crippen LogP contribution in [0, 0.1) is 0 Å². The van der Waals surface area contributed by atoms with Crippen LogP contribution in [0.2, 0.25) is 0 Å². The molecule has 7 heteroatoms. The number of hydrogen-bond acceptors (Lipinski definition) is 4. The first-order valence-corrected chi connectivity index (χ1v) is 5.71. The van der Waals surface area contributed by atoms with E-state index in [1.54, 1.807) is 26.2 Å². The van der Waals surface area contributed by atoms with Gasteiger partial charge >= 0.3 is 5.97 Å². The summed E-state index contributed by atoms with van der Waals surface area (Å²) >= 11 is 0. The number of fused-ring (bicyclic) bond motifs is 1. The standard InChI is InChI=1S/C12H14N4O3/c1-12(2,5-10(17)18)15-11(19)8-6-14-16-4-3-13-7-9(8)16/h3-4,6-7H,5H2,1-2H3,(H,15,19)(H,17,18). The first kappa shape index (κ1) is 13.0. The van der Waals surface area contributed by atoms with Crippen molar-refractivity contribution in [1.29, 1.82) is 0 Å². The molecule has 0 spiro atoms. The van der Waals surface area contributed by atoms with Gasteiger partial charge in [0.05, 0.1) is 29.9 Å². The Balaban J connectivity index is 2.23. The van der Waals surface area contributed by atoms with Crippen molar-refractivity contribution in [3.63, 3.8) is 0 Å². The molecule has 0 fully saturated rings. The monoisotopic (exact) mass is 262 g/mol. The quantitative estimate of drug-likeness (QED) is 0.846. The van der Waals surface area contributed by atoms with Crippen molar-refractivity contribution in [2.45, 2.75) is 25.8 Å². The predicted molar refractivity (Wildman–Crippen MR) is 66.8 cm³/mol. The van der Waals surface area contributed by atoms with Crippen LogP contribution in [0.3, 0.4) is 0 Å². The number of carbonyl (C=O) groups is 2. The van der Waals surface area contributed by atoms with Crippen LogP contribution in [0.15, 0.2) is 24.8 Å². The van der Waals surface area contributed by atoms with Crippen LogP contribution < -0.4 is 5.32 Å². The Morgan fingerprint density at radius 1 is 1.42 bits per heavy atom. The lowest BCUT2D eigenvalue weighted by molar-refractivity contribution is -0.138. The highest BCUT2D eigenvalue weighted by molar-refractivity contribution is 6.00. The lowest BCUT2D eigenvalue weighted by Crippen LogP contribution is -2.44. The number of nitrogens with zero attached hydrogens (tertiary/aromatic N) is 3. The number of aliphatic carboxylic acids is 1. The molecule has 1 amide bonds. The zero-order valence-corrected chi connectivity index (χ0v) is 10.6. The van der Waals surface area contributed by atoms with Gasteiger partial charge in [-0.25, -0.2) is 4.52 Å². The smallest absolute Gasteiger partial charge is 0.305 e. The molecular weight excluding hydrogens is 248 g/mol. The van der Waals surface area contributed by atoms with Crippen molar-refractivity contribution in [3.05, 3.63) is 30.4 Å². The van der Waals surface area contributed by atoms with E-state index in [0.29, 0.717) is 11.1 Å². The number of amides is 1. The Morgan fingerprint density at radius 3 is 2.84 bits per heavy atom. The molecule has 2 heterocycles. The maximum Gasteiger partial charge on any atom is 0.305 e. The Morgan fingerprint density at radius 2 is 2.16 bits per heavy atom. The molecule has 2 rings (SSSR count). The highest BCUT2D eigenvalue weighted by Crippen LogP contribution is 2.13. The number of carboxylic acid groups (broad SMARTS) is 1. The number of carboxylic acids is 1. The molecule has 0 saturated carbocycles. The average Bonchev–Trinajstić information content (AvgIpc) is 2.69. The second kappa shape index (κ2) is 4.68. The minimum atomic E-state index is -0.966. The maximum absolute atomic E-state index is 12.1. The molecule has 0 unspecified atom stereocenters. The summed E-state index contributed by atoms with van der Waals surface area (Å²) in [5.74, 6) is -1.33. The maximum atomic E-state index is 12.1. The minimum absolute atomic E-state index is 0.157. The van der Waals surface area contributed by atoms with E-state index in [4.69, 9.17) is 5.11 Å². The number of nitrogens with one attached hydrogen (secondary N) is 1. The minimum Gasteiger partial charge on any atom is -0.481 e. The van der Waals surface area contributed by atoms with E-state index in [1.807, 2.05) is 0 Å². The summed E-state index contributed by atoms with van der Waals surface area (Å²) in [4.78, 5) is 26.8. The zero-order chi connectivity index (χ0) is 14.0. The molecule has 0 aromatic carbocycles. The Kier molecular flexibility index (Phi) is 3.20. The third-order valence-electron chi connectivity index (χ3n) is 2.61. The number of carbonyl (C=O) groups excluding carboxylic acids is 1. The van der Waals surface area contributed by atoms with Crippen molar-refractivity contribution in [3.8, 4) is 0 Å². The second-order valence-electron chi connectivity index (χ2n) is 4.87. The molecule has 0 saturated heterocycles. The Hall–Kier alpha value is -2.44. The normalized spacial score (nSPS) is 11.5. The van der Waals surface area contributed by atoms with Gasteiger partial charge in [0, 0.05) is 17.9 Å². The summed E-state index contributed by atoms with van der Waals surface area (Å²) in [6, 6.07) is 0. The molecule has 0 aliphatic carbocycles. The zero-order valence-electron chi connectivity index (χ0n) is 10.6. The van der Waals surface area contributed by atoms with Gasteiger partial charge in [0.1, 0.15) is 0 Å². The lowest BCUT2D eigenvalue weighted by atomic mass is 10.0. The fourth-order valence-electron chi connectivity index (χ4n) is 1.81. The summed E-state index contributed by atoms with van der Waals surface area (Å²) in [5.41, 5.74) is 0.108.